The van der Waals surface area contributed by atoms with Gasteiger partial charge in [-0.25, -0.2) is 9.37 Å². The highest BCUT2D eigenvalue weighted by Crippen LogP contribution is 2.41. The number of halogens is 4. The Morgan fingerprint density at radius 2 is 1.88 bits per heavy atom. The number of benzene rings is 1. The summed E-state index contributed by atoms with van der Waals surface area (Å²) in [5.41, 5.74) is 3.52. The first-order valence-corrected chi connectivity index (χ1v) is 11.1. The van der Waals surface area contributed by atoms with Crippen LogP contribution in [0.2, 0.25) is 0 Å². The quantitative estimate of drug-likeness (QED) is 0.551. The second kappa shape index (κ2) is 8.23. The van der Waals surface area contributed by atoms with Crippen LogP contribution in [0, 0.1) is 12.7 Å². The Morgan fingerprint density at radius 1 is 1.12 bits per heavy atom. The van der Waals surface area contributed by atoms with Crippen molar-refractivity contribution in [3.8, 4) is 17.3 Å². The molecular formula is C23H24F4N6O. The average molecular weight is 476 g/mol. The smallest absolute Gasteiger partial charge is 0.418 e. The lowest BCUT2D eigenvalue weighted by Gasteiger charge is -2.26. The standard InChI is InChI=1S/C23H24F4N6O/c1-11-9-16(28)30-19(17(11)23(25,26)27)14-5-6-15-20(18(14)24)31-22(34-2)32-21(15)33-8-7-12-3-4-13(10-33)29-12/h5-6,9,12-13,29H,3-4,7-8,10H2,1-2H3,(H2,28,30)/t12-,13+/m1/s1. The van der Waals surface area contributed by atoms with E-state index in [1.54, 1.807) is 6.07 Å². The van der Waals surface area contributed by atoms with Crippen molar-refractivity contribution in [3.05, 3.63) is 35.1 Å². The number of alkyl halides is 3. The van der Waals surface area contributed by atoms with E-state index in [1.807, 2.05) is 0 Å². The van der Waals surface area contributed by atoms with Gasteiger partial charge in [0.05, 0.1) is 18.4 Å². The second-order valence-electron chi connectivity index (χ2n) is 8.82. The van der Waals surface area contributed by atoms with Gasteiger partial charge in [-0.2, -0.15) is 23.1 Å². The molecule has 2 fully saturated rings. The Kier molecular flexibility index (Phi) is 5.46. The van der Waals surface area contributed by atoms with Crippen molar-refractivity contribution < 1.29 is 22.3 Å². The fourth-order valence-corrected chi connectivity index (χ4v) is 5.03. The maximum Gasteiger partial charge on any atom is 0.418 e. The average Bonchev–Trinajstić information content (AvgIpc) is 3.10. The van der Waals surface area contributed by atoms with Gasteiger partial charge < -0.3 is 20.7 Å². The molecule has 34 heavy (non-hydrogen) atoms. The van der Waals surface area contributed by atoms with Crippen molar-refractivity contribution in [1.82, 2.24) is 20.3 Å². The Balaban J connectivity index is 1.69. The van der Waals surface area contributed by atoms with E-state index in [0.717, 1.165) is 25.3 Å². The van der Waals surface area contributed by atoms with E-state index in [-0.39, 0.29) is 28.5 Å². The Morgan fingerprint density at radius 3 is 2.62 bits per heavy atom. The summed E-state index contributed by atoms with van der Waals surface area (Å²) in [6.07, 6.45) is -1.67. The van der Waals surface area contributed by atoms with E-state index < -0.39 is 23.3 Å². The number of methoxy groups -OCH3 is 1. The molecular weight excluding hydrogens is 452 g/mol. The zero-order valence-electron chi connectivity index (χ0n) is 18.7. The summed E-state index contributed by atoms with van der Waals surface area (Å²) >= 11 is 0. The maximum atomic E-state index is 15.9. The molecule has 2 aliphatic heterocycles. The predicted octanol–water partition coefficient (Wildman–Crippen LogP) is 4.08. The van der Waals surface area contributed by atoms with Crippen LogP contribution < -0.4 is 20.7 Å². The summed E-state index contributed by atoms with van der Waals surface area (Å²) in [5, 5.41) is 3.98. The normalized spacial score (nSPS) is 20.6. The third kappa shape index (κ3) is 3.87. The van der Waals surface area contributed by atoms with Gasteiger partial charge in [-0.05, 0) is 49.9 Å². The van der Waals surface area contributed by atoms with E-state index in [0.29, 0.717) is 36.4 Å². The SMILES string of the molecule is COc1nc(N2CC[C@H]3CC[C@@H](C2)N3)c2ccc(-c3nc(N)cc(C)c3C(F)(F)F)c(F)c2n1. The first-order chi connectivity index (χ1) is 16.2. The molecule has 3 aromatic rings. The molecule has 2 aliphatic rings. The maximum absolute atomic E-state index is 15.9. The molecule has 2 aromatic heterocycles. The summed E-state index contributed by atoms with van der Waals surface area (Å²) in [6.45, 7) is 2.66. The van der Waals surface area contributed by atoms with Crippen molar-refractivity contribution in [3.63, 3.8) is 0 Å². The molecule has 0 spiro atoms. The predicted molar refractivity (Wildman–Crippen MR) is 120 cm³/mol. The molecule has 1 aromatic carbocycles. The van der Waals surface area contributed by atoms with Crippen LogP contribution in [0.4, 0.5) is 29.2 Å². The Hall–Kier alpha value is -3.21. The van der Waals surface area contributed by atoms with Gasteiger partial charge in [-0.1, -0.05) is 0 Å². The van der Waals surface area contributed by atoms with E-state index in [9.17, 15) is 13.2 Å². The first-order valence-electron chi connectivity index (χ1n) is 11.1. The van der Waals surface area contributed by atoms with Gasteiger partial charge in [-0.3, -0.25) is 0 Å². The lowest BCUT2D eigenvalue weighted by atomic mass is 9.99. The number of nitrogens with two attached hydrogens (primary N) is 1. The number of aryl methyl sites for hydroxylation is 1. The number of hydrogen-bond donors (Lipinski definition) is 2. The zero-order valence-corrected chi connectivity index (χ0v) is 18.7. The molecule has 0 unspecified atom stereocenters. The Labute approximate surface area is 193 Å². The topological polar surface area (TPSA) is 89.2 Å². The lowest BCUT2D eigenvalue weighted by Crippen LogP contribution is -2.35. The molecule has 0 amide bonds. The largest absolute Gasteiger partial charge is 0.467 e. The summed E-state index contributed by atoms with van der Waals surface area (Å²) in [6, 6.07) is 4.62. The lowest BCUT2D eigenvalue weighted by molar-refractivity contribution is -0.137. The van der Waals surface area contributed by atoms with Crippen molar-refractivity contribution >= 4 is 22.5 Å². The summed E-state index contributed by atoms with van der Waals surface area (Å²) < 4.78 is 62.6. The van der Waals surface area contributed by atoms with Crippen LogP contribution in [0.3, 0.4) is 0 Å². The molecule has 3 N–H and O–H groups in total. The molecule has 2 atom stereocenters. The molecule has 5 rings (SSSR count). The van der Waals surface area contributed by atoms with Crippen LogP contribution in [0.25, 0.3) is 22.2 Å². The summed E-state index contributed by atoms with van der Waals surface area (Å²) in [7, 11) is 1.36. The minimum absolute atomic E-state index is 0.0614. The Bertz CT molecular complexity index is 1260. The number of fused-ring (bicyclic) bond motifs is 3. The fraction of sp³-hybridized carbons (Fsp3) is 0.435. The van der Waals surface area contributed by atoms with E-state index >= 15 is 4.39 Å². The molecule has 180 valence electrons. The highest BCUT2D eigenvalue weighted by Gasteiger charge is 2.38. The van der Waals surface area contributed by atoms with Crippen LogP contribution in [0.15, 0.2) is 18.2 Å². The van der Waals surface area contributed by atoms with Crippen LogP contribution >= 0.6 is 0 Å². The van der Waals surface area contributed by atoms with Gasteiger partial charge in [-0.15, -0.1) is 0 Å². The van der Waals surface area contributed by atoms with E-state index in [4.69, 9.17) is 10.5 Å². The third-order valence-electron chi connectivity index (χ3n) is 6.55. The minimum Gasteiger partial charge on any atom is -0.467 e. The molecule has 11 heteroatoms. The van der Waals surface area contributed by atoms with Gasteiger partial charge >= 0.3 is 12.2 Å². The number of aromatic nitrogens is 3. The molecule has 2 bridgehead atoms. The van der Waals surface area contributed by atoms with Gasteiger partial charge in [0.15, 0.2) is 5.82 Å². The monoisotopic (exact) mass is 476 g/mol. The van der Waals surface area contributed by atoms with E-state index in [1.165, 1.54) is 20.1 Å². The number of nitrogens with zero attached hydrogens (tertiary/aromatic N) is 4. The van der Waals surface area contributed by atoms with Gasteiger partial charge in [0.2, 0.25) is 0 Å². The second-order valence-corrected chi connectivity index (χ2v) is 8.82. The van der Waals surface area contributed by atoms with Crippen molar-refractivity contribution in [2.45, 2.75) is 44.4 Å². The van der Waals surface area contributed by atoms with Gasteiger partial charge in [0.1, 0.15) is 17.2 Å². The number of nitrogens with one attached hydrogen (secondary N) is 1. The molecule has 4 heterocycles. The number of ether oxygens (including phenoxy) is 1. The number of anilines is 2. The minimum atomic E-state index is -4.74. The van der Waals surface area contributed by atoms with Crippen LogP contribution in [0.1, 0.15) is 30.4 Å². The number of rotatable bonds is 3. The molecule has 7 nitrogen and oxygen atoms in total. The van der Waals surface area contributed by atoms with Crippen LogP contribution in [-0.4, -0.2) is 47.2 Å². The fourth-order valence-electron chi connectivity index (χ4n) is 5.03. The first kappa shape index (κ1) is 22.6. The number of pyridine rings is 1. The molecule has 2 saturated heterocycles. The van der Waals surface area contributed by atoms with Crippen molar-refractivity contribution in [1.29, 1.82) is 0 Å². The van der Waals surface area contributed by atoms with Gasteiger partial charge in [0.25, 0.3) is 0 Å². The van der Waals surface area contributed by atoms with Crippen LogP contribution in [-0.2, 0) is 6.18 Å². The third-order valence-corrected chi connectivity index (χ3v) is 6.55. The highest BCUT2D eigenvalue weighted by atomic mass is 19.4. The summed E-state index contributed by atoms with van der Waals surface area (Å²) in [4.78, 5) is 14.5. The molecule has 0 saturated carbocycles. The molecule has 0 radical (unpaired) electrons. The summed E-state index contributed by atoms with van der Waals surface area (Å²) in [5.74, 6) is -0.570. The van der Waals surface area contributed by atoms with Crippen molar-refractivity contribution in [2.24, 2.45) is 0 Å². The van der Waals surface area contributed by atoms with Gasteiger partial charge in [0, 0.05) is 36.1 Å². The van der Waals surface area contributed by atoms with Crippen LogP contribution in [0.5, 0.6) is 6.01 Å². The van der Waals surface area contributed by atoms with Crippen molar-refractivity contribution in [2.75, 3.05) is 30.8 Å². The number of hydrogen-bond acceptors (Lipinski definition) is 7. The van der Waals surface area contributed by atoms with E-state index in [2.05, 4.69) is 25.2 Å². The highest BCUT2D eigenvalue weighted by molar-refractivity contribution is 5.93. The zero-order chi connectivity index (χ0) is 24.2. The molecule has 0 aliphatic carbocycles. The number of nitrogen functional groups attached to an aromatic ring is 1.